The van der Waals surface area contributed by atoms with Crippen molar-refractivity contribution in [3.8, 4) is 0 Å². The van der Waals surface area contributed by atoms with Crippen molar-refractivity contribution in [1.29, 1.82) is 0 Å². The van der Waals surface area contributed by atoms with Crippen LogP contribution in [0.1, 0.15) is 54.6 Å². The average Bonchev–Trinajstić information content (AvgIpc) is 2.65. The van der Waals surface area contributed by atoms with E-state index in [0.29, 0.717) is 23.8 Å². The number of benzene rings is 2. The second-order valence-corrected chi connectivity index (χ2v) is 6.36. The van der Waals surface area contributed by atoms with Gasteiger partial charge in [0, 0.05) is 11.8 Å². The summed E-state index contributed by atoms with van der Waals surface area (Å²) >= 11 is 0. The van der Waals surface area contributed by atoms with Crippen LogP contribution in [0.2, 0.25) is 0 Å². The van der Waals surface area contributed by atoms with Crippen molar-refractivity contribution in [1.82, 2.24) is 0 Å². The highest BCUT2D eigenvalue weighted by Gasteiger charge is 2.08. The number of hydrogen-bond donors (Lipinski definition) is 1. The first-order valence-corrected chi connectivity index (χ1v) is 8.85. The number of ether oxygens (including phenoxy) is 1. The fraction of sp³-hybridized carbons (Fsp3) is 0.273. The second-order valence-electron chi connectivity index (χ2n) is 6.36. The molecule has 0 bridgehead atoms. The molecule has 0 aliphatic heterocycles. The third kappa shape index (κ3) is 5.88. The molecular formula is C22H25NO3. The van der Waals surface area contributed by atoms with Crippen LogP contribution in [0.15, 0.2) is 54.6 Å². The van der Waals surface area contributed by atoms with Crippen LogP contribution in [-0.2, 0) is 9.53 Å². The molecule has 0 radical (unpaired) electrons. The van der Waals surface area contributed by atoms with Crippen molar-refractivity contribution >= 4 is 23.6 Å². The van der Waals surface area contributed by atoms with Crippen LogP contribution >= 0.6 is 0 Å². The van der Waals surface area contributed by atoms with Gasteiger partial charge in [0.05, 0.1) is 12.2 Å². The molecule has 0 unspecified atom stereocenters. The van der Waals surface area contributed by atoms with Gasteiger partial charge in [0.15, 0.2) is 0 Å². The summed E-state index contributed by atoms with van der Waals surface area (Å²) < 4.78 is 5.10. The molecule has 0 aromatic heterocycles. The Morgan fingerprint density at radius 3 is 2.50 bits per heavy atom. The van der Waals surface area contributed by atoms with E-state index in [-0.39, 0.29) is 11.9 Å². The molecule has 2 aromatic rings. The zero-order valence-electron chi connectivity index (χ0n) is 15.5. The highest BCUT2D eigenvalue weighted by Crippen LogP contribution is 2.16. The van der Waals surface area contributed by atoms with Gasteiger partial charge in [-0.15, -0.1) is 0 Å². The normalized spacial score (nSPS) is 10.9. The van der Waals surface area contributed by atoms with Crippen LogP contribution in [0, 0.1) is 0 Å². The monoisotopic (exact) mass is 351 g/mol. The van der Waals surface area contributed by atoms with Gasteiger partial charge in [-0.05, 0) is 47.7 Å². The first-order chi connectivity index (χ1) is 12.5. The van der Waals surface area contributed by atoms with Gasteiger partial charge in [-0.2, -0.15) is 0 Å². The molecule has 2 rings (SSSR count). The third-order valence-electron chi connectivity index (χ3n) is 3.83. The fourth-order valence-corrected chi connectivity index (χ4v) is 2.35. The van der Waals surface area contributed by atoms with Crippen molar-refractivity contribution in [3.63, 3.8) is 0 Å². The van der Waals surface area contributed by atoms with Crippen molar-refractivity contribution in [2.45, 2.75) is 33.1 Å². The standard InChI is InChI=1S/C22H25NO3/c1-4-14-26-22(25)19-6-5-7-20(15-19)23-21(24)13-10-17-8-11-18(12-9-17)16(2)3/h5-13,15-16H,4,14H2,1-3H3,(H,23,24)/b13-10+. The Hall–Kier alpha value is -2.88. The minimum atomic E-state index is -0.385. The first-order valence-electron chi connectivity index (χ1n) is 8.85. The lowest BCUT2D eigenvalue weighted by atomic mass is 10.0. The van der Waals surface area contributed by atoms with Gasteiger partial charge < -0.3 is 10.1 Å². The molecule has 0 aliphatic carbocycles. The van der Waals surface area contributed by atoms with Crippen LogP contribution in [0.25, 0.3) is 6.08 Å². The highest BCUT2D eigenvalue weighted by atomic mass is 16.5. The molecule has 0 atom stereocenters. The van der Waals surface area contributed by atoms with E-state index in [2.05, 4.69) is 31.3 Å². The predicted octanol–water partition coefficient (Wildman–Crippen LogP) is 5.03. The summed E-state index contributed by atoms with van der Waals surface area (Å²) in [5.41, 5.74) is 3.20. The Morgan fingerprint density at radius 2 is 1.85 bits per heavy atom. The molecule has 4 nitrogen and oxygen atoms in total. The van der Waals surface area contributed by atoms with Gasteiger partial charge in [0.25, 0.3) is 0 Å². The zero-order chi connectivity index (χ0) is 18.9. The third-order valence-corrected chi connectivity index (χ3v) is 3.83. The summed E-state index contributed by atoms with van der Waals surface area (Å²) in [6, 6.07) is 14.8. The lowest BCUT2D eigenvalue weighted by Crippen LogP contribution is -2.10. The smallest absolute Gasteiger partial charge is 0.338 e. The van der Waals surface area contributed by atoms with Crippen LogP contribution in [0.5, 0.6) is 0 Å². The van der Waals surface area contributed by atoms with Gasteiger partial charge >= 0.3 is 5.97 Å². The summed E-state index contributed by atoms with van der Waals surface area (Å²) in [4.78, 5) is 24.0. The van der Waals surface area contributed by atoms with E-state index in [1.54, 1.807) is 30.3 Å². The van der Waals surface area contributed by atoms with Crippen molar-refractivity contribution in [2.75, 3.05) is 11.9 Å². The molecule has 0 saturated heterocycles. The Kier molecular flexibility index (Phi) is 7.15. The summed E-state index contributed by atoms with van der Waals surface area (Å²) in [7, 11) is 0. The molecule has 136 valence electrons. The van der Waals surface area contributed by atoms with Gasteiger partial charge in [-0.1, -0.05) is 51.1 Å². The lowest BCUT2D eigenvalue weighted by Gasteiger charge is -2.06. The quantitative estimate of drug-likeness (QED) is 0.562. The fourth-order valence-electron chi connectivity index (χ4n) is 2.35. The Bertz CT molecular complexity index is 776. The summed E-state index contributed by atoms with van der Waals surface area (Å²) in [6.45, 7) is 6.61. The number of amides is 1. The molecule has 1 N–H and O–H groups in total. The molecular weight excluding hydrogens is 326 g/mol. The Morgan fingerprint density at radius 1 is 1.12 bits per heavy atom. The van der Waals surface area contributed by atoms with Crippen molar-refractivity contribution < 1.29 is 14.3 Å². The molecule has 4 heteroatoms. The minimum Gasteiger partial charge on any atom is -0.462 e. The predicted molar refractivity (Wildman–Crippen MR) is 105 cm³/mol. The molecule has 0 fully saturated rings. The minimum absolute atomic E-state index is 0.253. The number of carbonyl (C=O) groups is 2. The van der Waals surface area contributed by atoms with Crippen LogP contribution in [-0.4, -0.2) is 18.5 Å². The molecule has 0 heterocycles. The van der Waals surface area contributed by atoms with Gasteiger partial charge in [0.1, 0.15) is 0 Å². The van der Waals surface area contributed by atoms with Gasteiger partial charge in [-0.25, -0.2) is 4.79 Å². The molecule has 2 aromatic carbocycles. The largest absolute Gasteiger partial charge is 0.462 e. The molecule has 26 heavy (non-hydrogen) atoms. The van der Waals surface area contributed by atoms with E-state index >= 15 is 0 Å². The molecule has 0 spiro atoms. The zero-order valence-corrected chi connectivity index (χ0v) is 15.5. The number of nitrogens with one attached hydrogen (secondary N) is 1. The number of rotatable bonds is 7. The molecule has 1 amide bonds. The Balaban J connectivity index is 1.97. The number of hydrogen-bond acceptors (Lipinski definition) is 3. The van der Waals surface area contributed by atoms with E-state index in [1.807, 2.05) is 19.1 Å². The maximum absolute atomic E-state index is 12.1. The summed E-state index contributed by atoms with van der Waals surface area (Å²) in [6.07, 6.45) is 4.01. The lowest BCUT2D eigenvalue weighted by molar-refractivity contribution is -0.111. The average molecular weight is 351 g/mol. The van der Waals surface area contributed by atoms with Crippen LogP contribution in [0.3, 0.4) is 0 Å². The maximum atomic E-state index is 12.1. The number of esters is 1. The summed E-state index contributed by atoms with van der Waals surface area (Å²) in [5.74, 6) is -0.159. The van der Waals surface area contributed by atoms with Crippen LogP contribution in [0.4, 0.5) is 5.69 Å². The SMILES string of the molecule is CCCOC(=O)c1cccc(NC(=O)/C=C/c2ccc(C(C)C)cc2)c1. The topological polar surface area (TPSA) is 55.4 Å². The van der Waals surface area contributed by atoms with E-state index < -0.39 is 0 Å². The van der Waals surface area contributed by atoms with Gasteiger partial charge in [0.2, 0.25) is 5.91 Å². The first kappa shape index (κ1) is 19.4. The van der Waals surface area contributed by atoms with Gasteiger partial charge in [-0.3, -0.25) is 4.79 Å². The number of anilines is 1. The van der Waals surface area contributed by atoms with E-state index in [9.17, 15) is 9.59 Å². The maximum Gasteiger partial charge on any atom is 0.338 e. The van der Waals surface area contributed by atoms with Crippen molar-refractivity contribution in [2.24, 2.45) is 0 Å². The van der Waals surface area contributed by atoms with Crippen LogP contribution < -0.4 is 5.32 Å². The highest BCUT2D eigenvalue weighted by molar-refractivity contribution is 6.02. The second kappa shape index (κ2) is 9.56. The molecule has 0 aliphatic rings. The van der Waals surface area contributed by atoms with E-state index in [1.165, 1.54) is 11.6 Å². The Labute approximate surface area is 154 Å². The van der Waals surface area contributed by atoms with E-state index in [4.69, 9.17) is 4.74 Å². The summed E-state index contributed by atoms with van der Waals surface area (Å²) in [5, 5.41) is 2.76. The van der Waals surface area contributed by atoms with Crippen molar-refractivity contribution in [3.05, 3.63) is 71.3 Å². The van der Waals surface area contributed by atoms with E-state index in [0.717, 1.165) is 12.0 Å². The number of carbonyl (C=O) groups excluding carboxylic acids is 2. The molecule has 0 saturated carbocycles.